The van der Waals surface area contributed by atoms with E-state index >= 15 is 4.39 Å². The number of hydrogen-bond donors (Lipinski definition) is 0. The van der Waals surface area contributed by atoms with Crippen LogP contribution in [-0.2, 0) is 25.0 Å². The lowest BCUT2D eigenvalue weighted by molar-refractivity contribution is -0.147. The molecule has 0 radical (unpaired) electrons. The zero-order valence-electron chi connectivity index (χ0n) is 19.6. The van der Waals surface area contributed by atoms with Crippen LogP contribution >= 0.6 is 0 Å². The molecular weight excluding hydrogens is 494 g/mol. The van der Waals surface area contributed by atoms with Gasteiger partial charge in [0.15, 0.2) is 0 Å². The summed E-state index contributed by atoms with van der Waals surface area (Å²) in [6, 6.07) is 6.68. The number of nitriles is 1. The van der Waals surface area contributed by atoms with E-state index in [1.54, 1.807) is 24.1 Å². The summed E-state index contributed by atoms with van der Waals surface area (Å²) in [5.41, 5.74) is -0.917. The Morgan fingerprint density at radius 1 is 1.19 bits per heavy atom. The van der Waals surface area contributed by atoms with Gasteiger partial charge in [0.2, 0.25) is 5.82 Å². The third-order valence-corrected chi connectivity index (χ3v) is 6.14. The summed E-state index contributed by atoms with van der Waals surface area (Å²) in [7, 11) is 2.75. The normalized spacial score (nSPS) is 16.2. The second-order valence-electron chi connectivity index (χ2n) is 8.58. The lowest BCUT2D eigenvalue weighted by atomic mass is 10.0. The summed E-state index contributed by atoms with van der Waals surface area (Å²) < 4.78 is 64.0. The molecule has 3 aromatic heterocycles. The van der Waals surface area contributed by atoms with Crippen LogP contribution in [0.3, 0.4) is 0 Å². The standard InChI is InChI=1S/C24H19F4N7O2/c1-33-11-14(10-30-33)18-12-35(5-6-37-18)19-8-16-21(32-23(24(26,27)28)34(2)22(16)36)20(31-19)15-4-3-13(9-29)7-17(15)25/h3-4,7-8,10-11,18H,5-6,12H2,1-2H3/t18-/m1/s1. The fourth-order valence-corrected chi connectivity index (χ4v) is 4.30. The van der Waals surface area contributed by atoms with E-state index in [9.17, 15) is 18.0 Å². The van der Waals surface area contributed by atoms with Gasteiger partial charge >= 0.3 is 6.18 Å². The van der Waals surface area contributed by atoms with Crippen molar-refractivity contribution < 1.29 is 22.3 Å². The molecule has 0 aliphatic carbocycles. The van der Waals surface area contributed by atoms with Crippen LogP contribution in [0.5, 0.6) is 0 Å². The van der Waals surface area contributed by atoms with Gasteiger partial charge in [0, 0.05) is 44.5 Å². The minimum atomic E-state index is -4.93. The van der Waals surface area contributed by atoms with E-state index in [4.69, 9.17) is 10.00 Å². The number of halogens is 4. The Kier molecular flexibility index (Phi) is 5.91. The number of alkyl halides is 3. The molecule has 0 saturated carbocycles. The SMILES string of the molecule is Cn1cc([C@H]2CN(c3cc4c(=O)n(C)c(C(F)(F)F)nc4c(-c4ccc(C#N)cc4F)n3)CCO2)cn1. The van der Waals surface area contributed by atoms with Crippen LogP contribution in [0.25, 0.3) is 22.2 Å². The average Bonchev–Trinajstić information content (AvgIpc) is 3.31. The molecule has 9 nitrogen and oxygen atoms in total. The number of nitrogens with zero attached hydrogens (tertiary/aromatic N) is 7. The van der Waals surface area contributed by atoms with Crippen LogP contribution < -0.4 is 10.5 Å². The lowest BCUT2D eigenvalue weighted by Crippen LogP contribution is -2.39. The molecule has 1 aliphatic heterocycles. The van der Waals surface area contributed by atoms with E-state index < -0.39 is 23.4 Å². The quantitative estimate of drug-likeness (QED) is 0.387. The molecule has 1 atom stereocenters. The predicted octanol–water partition coefficient (Wildman–Crippen LogP) is 3.34. The molecule has 0 unspecified atom stereocenters. The Morgan fingerprint density at radius 3 is 2.62 bits per heavy atom. The number of ether oxygens (including phenoxy) is 1. The number of benzene rings is 1. The molecule has 190 valence electrons. The molecular formula is C24H19F4N7O2. The maximum Gasteiger partial charge on any atom is 0.449 e. The Morgan fingerprint density at radius 2 is 1.97 bits per heavy atom. The van der Waals surface area contributed by atoms with Crippen molar-refractivity contribution in [1.29, 1.82) is 5.26 Å². The molecule has 0 N–H and O–H groups in total. The van der Waals surface area contributed by atoms with Gasteiger partial charge in [-0.1, -0.05) is 0 Å². The van der Waals surface area contributed by atoms with Crippen molar-refractivity contribution in [1.82, 2.24) is 24.3 Å². The van der Waals surface area contributed by atoms with Gasteiger partial charge in [0.05, 0.1) is 29.8 Å². The summed E-state index contributed by atoms with van der Waals surface area (Å²) in [6.07, 6.45) is -1.83. The fourth-order valence-electron chi connectivity index (χ4n) is 4.30. The Hall–Kier alpha value is -4.31. The Bertz CT molecular complexity index is 1620. The van der Waals surface area contributed by atoms with Gasteiger partial charge in [0.1, 0.15) is 28.9 Å². The van der Waals surface area contributed by atoms with Crippen LogP contribution in [-0.4, -0.2) is 44.0 Å². The highest BCUT2D eigenvalue weighted by molar-refractivity contribution is 5.93. The smallest absolute Gasteiger partial charge is 0.370 e. The van der Waals surface area contributed by atoms with Gasteiger partial charge in [0.25, 0.3) is 5.56 Å². The first-order valence-electron chi connectivity index (χ1n) is 11.1. The largest absolute Gasteiger partial charge is 0.449 e. The number of rotatable bonds is 3. The molecule has 1 fully saturated rings. The second kappa shape index (κ2) is 8.97. The molecule has 37 heavy (non-hydrogen) atoms. The topological polar surface area (TPSA) is 102 Å². The summed E-state index contributed by atoms with van der Waals surface area (Å²) in [5, 5.41) is 13.1. The monoisotopic (exact) mass is 513 g/mol. The summed E-state index contributed by atoms with van der Waals surface area (Å²) in [4.78, 5) is 23.1. The number of hydrogen-bond acceptors (Lipinski definition) is 7. The zero-order valence-corrected chi connectivity index (χ0v) is 19.6. The predicted molar refractivity (Wildman–Crippen MR) is 124 cm³/mol. The van der Waals surface area contributed by atoms with Crippen LogP contribution in [0.2, 0.25) is 0 Å². The number of fused-ring (bicyclic) bond motifs is 1. The molecule has 4 aromatic rings. The van der Waals surface area contributed by atoms with E-state index in [1.807, 2.05) is 11.0 Å². The Balaban J connectivity index is 1.72. The lowest BCUT2D eigenvalue weighted by Gasteiger charge is -2.33. The maximum atomic E-state index is 15.1. The van der Waals surface area contributed by atoms with Crippen LogP contribution in [0.4, 0.5) is 23.4 Å². The van der Waals surface area contributed by atoms with Gasteiger partial charge in [-0.05, 0) is 24.3 Å². The van der Waals surface area contributed by atoms with Crippen molar-refractivity contribution in [3.8, 4) is 17.3 Å². The summed E-state index contributed by atoms with van der Waals surface area (Å²) in [5.74, 6) is -2.06. The summed E-state index contributed by atoms with van der Waals surface area (Å²) in [6.45, 7) is 0.996. The highest BCUT2D eigenvalue weighted by Gasteiger charge is 2.37. The van der Waals surface area contributed by atoms with Crippen molar-refractivity contribution in [2.75, 3.05) is 24.6 Å². The van der Waals surface area contributed by atoms with Crippen molar-refractivity contribution in [3.63, 3.8) is 0 Å². The highest BCUT2D eigenvalue weighted by Crippen LogP contribution is 2.34. The third kappa shape index (κ3) is 4.40. The van der Waals surface area contributed by atoms with Crippen LogP contribution in [0, 0.1) is 17.1 Å². The number of morpholine rings is 1. The van der Waals surface area contributed by atoms with E-state index in [0.29, 0.717) is 24.3 Å². The first kappa shape index (κ1) is 24.4. The van der Waals surface area contributed by atoms with Crippen LogP contribution in [0.15, 0.2) is 41.5 Å². The number of aryl methyl sites for hydroxylation is 1. The van der Waals surface area contributed by atoms with E-state index in [1.165, 1.54) is 18.2 Å². The zero-order chi connectivity index (χ0) is 26.5. The minimum absolute atomic E-state index is 0.0223. The van der Waals surface area contributed by atoms with E-state index in [-0.39, 0.29) is 39.6 Å². The minimum Gasteiger partial charge on any atom is -0.370 e. The summed E-state index contributed by atoms with van der Waals surface area (Å²) >= 11 is 0. The first-order valence-corrected chi connectivity index (χ1v) is 11.1. The molecule has 0 spiro atoms. The van der Waals surface area contributed by atoms with Gasteiger partial charge in [-0.3, -0.25) is 14.0 Å². The third-order valence-electron chi connectivity index (χ3n) is 6.14. The molecule has 1 aromatic carbocycles. The number of pyridine rings is 1. The highest BCUT2D eigenvalue weighted by atomic mass is 19.4. The van der Waals surface area contributed by atoms with Crippen molar-refractivity contribution >= 4 is 16.7 Å². The van der Waals surface area contributed by atoms with Crippen molar-refractivity contribution in [2.24, 2.45) is 14.1 Å². The molecule has 1 saturated heterocycles. The fraction of sp³-hybridized carbons (Fsp3) is 0.292. The second-order valence-corrected chi connectivity index (χ2v) is 8.58. The first-order chi connectivity index (χ1) is 17.6. The molecule has 13 heteroatoms. The van der Waals surface area contributed by atoms with Crippen LogP contribution in [0.1, 0.15) is 23.1 Å². The molecule has 0 bridgehead atoms. The van der Waals surface area contributed by atoms with Gasteiger partial charge in [-0.2, -0.15) is 23.5 Å². The van der Waals surface area contributed by atoms with Crippen molar-refractivity contribution in [3.05, 3.63) is 69.8 Å². The van der Waals surface area contributed by atoms with Crippen molar-refractivity contribution in [2.45, 2.75) is 12.3 Å². The number of anilines is 1. The molecule has 5 rings (SSSR count). The average molecular weight is 513 g/mol. The molecule has 4 heterocycles. The van der Waals surface area contributed by atoms with Gasteiger partial charge in [-0.25, -0.2) is 14.4 Å². The van der Waals surface area contributed by atoms with E-state index in [2.05, 4.69) is 15.1 Å². The molecule has 0 amide bonds. The van der Waals surface area contributed by atoms with Gasteiger partial charge in [-0.15, -0.1) is 0 Å². The Labute approximate surface area is 207 Å². The number of aromatic nitrogens is 5. The van der Waals surface area contributed by atoms with Gasteiger partial charge < -0.3 is 9.64 Å². The maximum absolute atomic E-state index is 15.1. The van der Waals surface area contributed by atoms with E-state index in [0.717, 1.165) is 18.7 Å². The molecule has 1 aliphatic rings.